The van der Waals surface area contributed by atoms with Gasteiger partial charge in [-0.3, -0.25) is 27.7 Å². The number of hydrogen-bond donors (Lipinski definition) is 5. The second-order valence-corrected chi connectivity index (χ2v) is 18.8. The fourth-order valence-corrected chi connectivity index (χ4v) is 7.06. The molecule has 5 atom stereocenters. The van der Waals surface area contributed by atoms with Crippen molar-refractivity contribution in [3.63, 3.8) is 0 Å². The molecule has 0 aromatic rings. The first kappa shape index (κ1) is 66.2. The molecule has 0 aromatic heterocycles. The molecule has 396 valence electrons. The van der Waals surface area contributed by atoms with Gasteiger partial charge in [0.05, 0.1) is 26.4 Å². The molecule has 0 radical (unpaired) electrons. The van der Waals surface area contributed by atoms with Crippen molar-refractivity contribution in [2.75, 3.05) is 39.6 Å². The highest BCUT2D eigenvalue weighted by atomic mass is 31.2. The van der Waals surface area contributed by atoms with Gasteiger partial charge in [0.25, 0.3) is 0 Å². The number of ether oxygens (including phenoxy) is 2. The van der Waals surface area contributed by atoms with E-state index in [2.05, 4.69) is 86.6 Å². The Labute approximate surface area is 418 Å². The molecular weight excluding hydrogens is 939 g/mol. The van der Waals surface area contributed by atoms with Crippen LogP contribution >= 0.6 is 15.6 Å². The predicted molar refractivity (Wildman–Crippen MR) is 278 cm³/mol. The van der Waals surface area contributed by atoms with Crippen molar-refractivity contribution in [2.45, 2.75) is 148 Å². The summed E-state index contributed by atoms with van der Waals surface area (Å²) in [5.74, 6) is -1.08. The molecule has 0 bridgehead atoms. The van der Waals surface area contributed by atoms with Crippen molar-refractivity contribution in [2.24, 2.45) is 0 Å². The zero-order chi connectivity index (χ0) is 51.7. The Kier molecular flexibility index (Phi) is 44.9. The van der Waals surface area contributed by atoms with E-state index in [-0.39, 0.29) is 12.8 Å². The first-order valence-electron chi connectivity index (χ1n) is 24.6. The van der Waals surface area contributed by atoms with Gasteiger partial charge in [-0.1, -0.05) is 173 Å². The molecule has 5 N–H and O–H groups in total. The highest BCUT2D eigenvalue weighted by Crippen LogP contribution is 2.45. The number of carbonyl (C=O) groups excluding carboxylic acids is 2. The lowest BCUT2D eigenvalue weighted by atomic mass is 10.1. The lowest BCUT2D eigenvalue weighted by Crippen LogP contribution is -2.25. The summed E-state index contributed by atoms with van der Waals surface area (Å²) >= 11 is 0. The summed E-state index contributed by atoms with van der Waals surface area (Å²) in [7, 11) is -9.62. The van der Waals surface area contributed by atoms with Crippen LogP contribution in [0.25, 0.3) is 0 Å². The van der Waals surface area contributed by atoms with Crippen molar-refractivity contribution in [3.05, 3.63) is 134 Å². The van der Waals surface area contributed by atoms with Crippen LogP contribution in [0.15, 0.2) is 134 Å². The summed E-state index contributed by atoms with van der Waals surface area (Å²) in [6, 6.07) is 0. The van der Waals surface area contributed by atoms with Gasteiger partial charge in [-0.25, -0.2) is 9.13 Å². The van der Waals surface area contributed by atoms with Crippen LogP contribution < -0.4 is 0 Å². The summed E-state index contributed by atoms with van der Waals surface area (Å²) in [5.41, 5.74) is 0. The lowest BCUT2D eigenvalue weighted by Gasteiger charge is -2.19. The van der Waals surface area contributed by atoms with Crippen molar-refractivity contribution in [1.82, 2.24) is 0 Å². The van der Waals surface area contributed by atoms with Crippen molar-refractivity contribution < 1.29 is 71.4 Å². The van der Waals surface area contributed by atoms with Crippen LogP contribution in [0.3, 0.4) is 0 Å². The number of aliphatic hydroxyl groups excluding tert-OH is 3. The second kappa shape index (κ2) is 47.5. The Balaban J connectivity index is 4.01. The normalized spacial score (nSPS) is 16.0. The van der Waals surface area contributed by atoms with Gasteiger partial charge >= 0.3 is 27.6 Å². The van der Waals surface area contributed by atoms with Crippen molar-refractivity contribution in [1.29, 1.82) is 0 Å². The van der Waals surface area contributed by atoms with E-state index < -0.39 is 85.5 Å². The van der Waals surface area contributed by atoms with E-state index in [0.29, 0.717) is 12.8 Å². The standard InChI is InChI=1S/C53H84O15P2/c1-3-5-7-9-11-13-15-17-19-21-23-25-27-29-31-33-35-37-39-41-52(57)63-43-49(54)45-65-69(59,60)67-47-51(56)48-68-70(61,62)66-46-50(55)44-64-53(58)42-40-38-36-34-32-30-28-26-24-22-20-18-16-14-12-10-8-6-4-2/h5,7,9,11-15,17-21,23-27,29-32,49-51,54-56H,3-4,6,8,10,16,22,28,33-48H2,1-2H3,(H,59,60)(H,61,62)/b7-5+,11-9+,14-12-,15-13-,19-17+,20-18-,23-21+,26-24-,27-25+,31-29+,32-30-. The molecule has 0 aliphatic rings. The lowest BCUT2D eigenvalue weighted by molar-refractivity contribution is -0.148. The van der Waals surface area contributed by atoms with Gasteiger partial charge in [0, 0.05) is 12.8 Å². The van der Waals surface area contributed by atoms with Crippen LogP contribution in [-0.2, 0) is 46.3 Å². The quantitative estimate of drug-likeness (QED) is 0.0126. The Morgan fingerprint density at radius 2 is 0.714 bits per heavy atom. The maximum absolute atomic E-state index is 12.2. The molecule has 0 spiro atoms. The average Bonchev–Trinajstić information content (AvgIpc) is 3.34. The number of rotatable bonds is 45. The minimum atomic E-state index is -4.81. The minimum Gasteiger partial charge on any atom is -0.463 e. The fourth-order valence-electron chi connectivity index (χ4n) is 5.47. The van der Waals surface area contributed by atoms with Crippen LogP contribution in [-0.4, -0.2) is 95.0 Å². The second-order valence-electron chi connectivity index (χ2n) is 15.9. The van der Waals surface area contributed by atoms with Crippen molar-refractivity contribution in [3.8, 4) is 0 Å². The molecular formula is C53H84O15P2. The summed E-state index contributed by atoms with van der Waals surface area (Å²) < 4.78 is 53.0. The number of phosphoric acid groups is 2. The monoisotopic (exact) mass is 1020 g/mol. The Morgan fingerprint density at radius 1 is 0.400 bits per heavy atom. The average molecular weight is 1020 g/mol. The van der Waals surface area contributed by atoms with E-state index in [1.165, 1.54) is 19.3 Å². The molecule has 0 amide bonds. The number of hydrogen-bond acceptors (Lipinski definition) is 13. The maximum Gasteiger partial charge on any atom is 0.472 e. The van der Waals surface area contributed by atoms with Gasteiger partial charge in [0.15, 0.2) is 0 Å². The van der Waals surface area contributed by atoms with Crippen LogP contribution in [0.4, 0.5) is 0 Å². The van der Waals surface area contributed by atoms with Gasteiger partial charge in [-0.05, 0) is 77.0 Å². The zero-order valence-electron chi connectivity index (χ0n) is 41.6. The zero-order valence-corrected chi connectivity index (χ0v) is 43.4. The topological polar surface area (TPSA) is 225 Å². The maximum atomic E-state index is 12.2. The molecule has 15 nitrogen and oxygen atoms in total. The summed E-state index contributed by atoms with van der Waals surface area (Å²) in [6.45, 7) is 0.108. The van der Waals surface area contributed by atoms with Crippen molar-refractivity contribution >= 4 is 27.6 Å². The summed E-state index contributed by atoms with van der Waals surface area (Å²) in [4.78, 5) is 43.8. The molecule has 17 heteroatoms. The molecule has 0 aliphatic carbocycles. The number of aliphatic hydroxyl groups is 3. The van der Waals surface area contributed by atoms with E-state index in [1.807, 2.05) is 79.0 Å². The third-order valence-electron chi connectivity index (χ3n) is 9.28. The van der Waals surface area contributed by atoms with E-state index in [9.17, 15) is 43.8 Å². The molecule has 0 aliphatic heterocycles. The fraction of sp³-hybridized carbons (Fsp3) is 0.547. The number of unbranched alkanes of at least 4 members (excludes halogenated alkanes) is 9. The molecule has 0 fully saturated rings. The van der Waals surface area contributed by atoms with Crippen LogP contribution in [0, 0.1) is 0 Å². The largest absolute Gasteiger partial charge is 0.472 e. The van der Waals surface area contributed by atoms with E-state index in [1.54, 1.807) is 0 Å². The van der Waals surface area contributed by atoms with Gasteiger partial charge in [-0.2, -0.15) is 0 Å². The molecule has 0 rings (SSSR count). The number of carbonyl (C=O) groups is 2. The first-order valence-corrected chi connectivity index (χ1v) is 27.6. The predicted octanol–water partition coefficient (Wildman–Crippen LogP) is 11.6. The third-order valence-corrected chi connectivity index (χ3v) is 11.2. The molecule has 0 aromatic carbocycles. The van der Waals surface area contributed by atoms with Gasteiger partial charge in [0.2, 0.25) is 0 Å². The van der Waals surface area contributed by atoms with Gasteiger partial charge < -0.3 is 34.6 Å². The molecule has 70 heavy (non-hydrogen) atoms. The minimum absolute atomic E-state index is 0.135. The molecule has 0 saturated heterocycles. The Hall–Kier alpha value is -3.82. The Morgan fingerprint density at radius 3 is 1.09 bits per heavy atom. The SMILES string of the molecule is CC/C=C/C=C/C=C\C=C\C=C\C=C\C=C\CCCCCC(=O)OCC(O)COP(=O)(O)OCC(O)COP(=O)(O)OCC(O)COC(=O)CCCCC/C=C\C/C=C\C/C=C\C/C=C\CCCCC. The molecule has 5 unspecified atom stereocenters. The van der Waals surface area contributed by atoms with Gasteiger partial charge in [-0.15, -0.1) is 0 Å². The number of esters is 2. The highest BCUT2D eigenvalue weighted by Gasteiger charge is 2.28. The van der Waals surface area contributed by atoms with E-state index >= 15 is 0 Å². The first-order chi connectivity index (χ1) is 33.8. The van der Waals surface area contributed by atoms with E-state index in [4.69, 9.17) is 9.47 Å². The smallest absolute Gasteiger partial charge is 0.463 e. The van der Waals surface area contributed by atoms with Crippen LogP contribution in [0.5, 0.6) is 0 Å². The summed E-state index contributed by atoms with van der Waals surface area (Å²) in [6.07, 6.45) is 55.7. The van der Waals surface area contributed by atoms with Gasteiger partial charge in [0.1, 0.15) is 31.5 Å². The summed E-state index contributed by atoms with van der Waals surface area (Å²) in [5, 5.41) is 30.0. The molecule has 0 heterocycles. The van der Waals surface area contributed by atoms with Crippen LogP contribution in [0.2, 0.25) is 0 Å². The molecule has 0 saturated carbocycles. The third kappa shape index (κ3) is 49.2. The van der Waals surface area contributed by atoms with E-state index in [0.717, 1.165) is 70.6 Å². The highest BCUT2D eigenvalue weighted by molar-refractivity contribution is 7.47. The Bertz CT molecular complexity index is 1760. The number of phosphoric ester groups is 2. The number of allylic oxidation sites excluding steroid dienone is 22. The van der Waals surface area contributed by atoms with Crippen LogP contribution in [0.1, 0.15) is 129 Å².